The zero-order valence-electron chi connectivity index (χ0n) is 11.0. The average Bonchev–Trinajstić information content (AvgIpc) is 2.64. The van der Waals surface area contributed by atoms with Gasteiger partial charge in [-0.25, -0.2) is 9.67 Å². The normalized spacial score (nSPS) is 11.7. The summed E-state index contributed by atoms with van der Waals surface area (Å²) in [7, 11) is 0. The van der Waals surface area contributed by atoms with Crippen molar-refractivity contribution in [2.75, 3.05) is 0 Å². The van der Waals surface area contributed by atoms with Gasteiger partial charge in [0.15, 0.2) is 5.82 Å². The SMILES string of the molecule is Cc1nn(-c2nc(C(F)(F)F)ccc2C(N)=S)c(C)c1Br. The molecule has 4 nitrogen and oxygen atoms in total. The Morgan fingerprint density at radius 2 is 1.95 bits per heavy atom. The molecule has 2 aromatic heterocycles. The van der Waals surface area contributed by atoms with E-state index in [1.807, 2.05) is 0 Å². The summed E-state index contributed by atoms with van der Waals surface area (Å²) in [5, 5.41) is 4.17. The number of alkyl halides is 3. The number of halogens is 4. The molecule has 0 saturated heterocycles. The quantitative estimate of drug-likeness (QED) is 0.814. The standard InChI is InChI=1S/C12H10BrF3N4S/c1-5-9(13)6(2)20(19-5)11-7(10(17)21)3-4-8(18-11)12(14,15)16/h3-4H,1-2H3,(H2,17,21). The fourth-order valence-electron chi connectivity index (χ4n) is 1.79. The lowest BCUT2D eigenvalue weighted by Gasteiger charge is -2.13. The number of nitrogens with two attached hydrogens (primary N) is 1. The molecule has 2 rings (SSSR count). The topological polar surface area (TPSA) is 56.7 Å². The number of aromatic nitrogens is 3. The van der Waals surface area contributed by atoms with Crippen LogP contribution in [-0.4, -0.2) is 19.8 Å². The number of hydrogen-bond donors (Lipinski definition) is 1. The van der Waals surface area contributed by atoms with Crippen LogP contribution in [0, 0.1) is 13.8 Å². The van der Waals surface area contributed by atoms with Gasteiger partial charge in [0.05, 0.1) is 21.4 Å². The van der Waals surface area contributed by atoms with Crippen molar-refractivity contribution in [1.82, 2.24) is 14.8 Å². The first kappa shape index (κ1) is 15.9. The highest BCUT2D eigenvalue weighted by Crippen LogP contribution is 2.30. The molecule has 0 radical (unpaired) electrons. The minimum absolute atomic E-state index is 0.0383. The summed E-state index contributed by atoms with van der Waals surface area (Å²) in [6, 6.07) is 2.05. The zero-order chi connectivity index (χ0) is 15.9. The van der Waals surface area contributed by atoms with Crippen LogP contribution < -0.4 is 5.73 Å². The lowest BCUT2D eigenvalue weighted by atomic mass is 10.2. The van der Waals surface area contributed by atoms with Crippen molar-refractivity contribution in [3.63, 3.8) is 0 Å². The Kier molecular flexibility index (Phi) is 4.07. The maximum Gasteiger partial charge on any atom is 0.433 e. The molecule has 0 bridgehead atoms. The maximum atomic E-state index is 12.8. The molecule has 0 aliphatic rings. The summed E-state index contributed by atoms with van der Waals surface area (Å²) in [5.41, 5.74) is 6.00. The van der Waals surface area contributed by atoms with Crippen LogP contribution in [0.3, 0.4) is 0 Å². The second-order valence-corrected chi connectivity index (χ2v) is 5.56. The van der Waals surface area contributed by atoms with Crippen LogP contribution in [0.15, 0.2) is 16.6 Å². The van der Waals surface area contributed by atoms with E-state index in [0.29, 0.717) is 15.9 Å². The van der Waals surface area contributed by atoms with E-state index >= 15 is 0 Å². The zero-order valence-corrected chi connectivity index (χ0v) is 13.4. The number of thiocarbonyl (C=S) groups is 1. The van der Waals surface area contributed by atoms with Gasteiger partial charge in [0.25, 0.3) is 0 Å². The lowest BCUT2D eigenvalue weighted by Crippen LogP contribution is -2.19. The Balaban J connectivity index is 2.75. The van der Waals surface area contributed by atoms with Gasteiger partial charge in [-0.1, -0.05) is 12.2 Å². The van der Waals surface area contributed by atoms with E-state index in [-0.39, 0.29) is 16.4 Å². The molecular weight excluding hydrogens is 369 g/mol. The third kappa shape index (κ3) is 2.93. The Bertz CT molecular complexity index is 724. The molecule has 0 fully saturated rings. The van der Waals surface area contributed by atoms with Crippen LogP contribution in [0.5, 0.6) is 0 Å². The molecular formula is C12H10BrF3N4S. The van der Waals surface area contributed by atoms with Crippen LogP contribution in [0.4, 0.5) is 13.2 Å². The molecule has 0 aliphatic heterocycles. The molecule has 112 valence electrons. The second kappa shape index (κ2) is 5.38. The highest BCUT2D eigenvalue weighted by molar-refractivity contribution is 9.10. The minimum Gasteiger partial charge on any atom is -0.389 e. The van der Waals surface area contributed by atoms with Crippen molar-refractivity contribution in [2.24, 2.45) is 5.73 Å². The fraction of sp³-hybridized carbons (Fsp3) is 0.250. The molecule has 0 spiro atoms. The van der Waals surface area contributed by atoms with Gasteiger partial charge in [0.1, 0.15) is 10.7 Å². The fourth-order valence-corrected chi connectivity index (χ4v) is 2.20. The van der Waals surface area contributed by atoms with Crippen LogP contribution >= 0.6 is 28.1 Å². The largest absolute Gasteiger partial charge is 0.433 e. The predicted octanol–water partition coefficient (Wildman–Crippen LogP) is 3.30. The molecule has 0 atom stereocenters. The Labute approximate surface area is 132 Å². The Morgan fingerprint density at radius 1 is 1.33 bits per heavy atom. The highest BCUT2D eigenvalue weighted by Gasteiger charge is 2.33. The first-order valence-electron chi connectivity index (χ1n) is 5.73. The first-order valence-corrected chi connectivity index (χ1v) is 6.93. The van der Waals surface area contributed by atoms with E-state index in [0.717, 1.165) is 6.07 Å². The van der Waals surface area contributed by atoms with Crippen molar-refractivity contribution in [3.8, 4) is 5.82 Å². The molecule has 0 saturated carbocycles. The Hall–Kier alpha value is -1.48. The van der Waals surface area contributed by atoms with Crippen LogP contribution in [0.25, 0.3) is 5.82 Å². The van der Waals surface area contributed by atoms with Crippen LogP contribution in [0.1, 0.15) is 22.6 Å². The molecule has 2 heterocycles. The van der Waals surface area contributed by atoms with E-state index in [9.17, 15) is 13.2 Å². The van der Waals surface area contributed by atoms with Gasteiger partial charge < -0.3 is 5.73 Å². The molecule has 0 unspecified atom stereocenters. The first-order chi connectivity index (χ1) is 9.62. The molecule has 21 heavy (non-hydrogen) atoms. The van der Waals surface area contributed by atoms with Crippen LogP contribution in [-0.2, 0) is 6.18 Å². The van der Waals surface area contributed by atoms with Crippen molar-refractivity contribution in [1.29, 1.82) is 0 Å². The van der Waals surface area contributed by atoms with E-state index in [1.165, 1.54) is 10.7 Å². The second-order valence-electron chi connectivity index (χ2n) is 4.33. The maximum absolute atomic E-state index is 12.8. The molecule has 0 aromatic carbocycles. The minimum atomic E-state index is -4.56. The van der Waals surface area contributed by atoms with Crippen LogP contribution in [0.2, 0.25) is 0 Å². The molecule has 2 aromatic rings. The third-order valence-electron chi connectivity index (χ3n) is 2.83. The third-order valence-corrected chi connectivity index (χ3v) is 4.20. The van der Waals surface area contributed by atoms with Gasteiger partial charge in [-0.3, -0.25) is 0 Å². The molecule has 2 N–H and O–H groups in total. The van der Waals surface area contributed by atoms with E-state index < -0.39 is 11.9 Å². The number of pyridine rings is 1. The number of nitrogens with zero attached hydrogens (tertiary/aromatic N) is 3. The summed E-state index contributed by atoms with van der Waals surface area (Å²) >= 11 is 8.19. The number of hydrogen-bond acceptors (Lipinski definition) is 3. The molecule has 0 aliphatic carbocycles. The van der Waals surface area contributed by atoms with Crippen molar-refractivity contribution in [2.45, 2.75) is 20.0 Å². The Morgan fingerprint density at radius 3 is 2.38 bits per heavy atom. The predicted molar refractivity (Wildman–Crippen MR) is 79.4 cm³/mol. The summed E-state index contributed by atoms with van der Waals surface area (Å²) in [4.78, 5) is 3.59. The van der Waals surface area contributed by atoms with E-state index in [1.54, 1.807) is 13.8 Å². The summed E-state index contributed by atoms with van der Waals surface area (Å²) in [6.07, 6.45) is -4.56. The summed E-state index contributed by atoms with van der Waals surface area (Å²) < 4.78 is 40.5. The smallest absolute Gasteiger partial charge is 0.389 e. The van der Waals surface area contributed by atoms with Gasteiger partial charge in [-0.05, 0) is 41.9 Å². The summed E-state index contributed by atoms with van der Waals surface area (Å²) in [6.45, 7) is 3.43. The molecule has 9 heteroatoms. The van der Waals surface area contributed by atoms with Gasteiger partial charge in [-0.2, -0.15) is 18.3 Å². The lowest BCUT2D eigenvalue weighted by molar-refractivity contribution is -0.141. The monoisotopic (exact) mass is 378 g/mol. The average molecular weight is 379 g/mol. The van der Waals surface area contributed by atoms with Gasteiger partial charge >= 0.3 is 6.18 Å². The summed E-state index contributed by atoms with van der Waals surface area (Å²) in [5.74, 6) is -0.0383. The van der Waals surface area contributed by atoms with Gasteiger partial charge in [-0.15, -0.1) is 0 Å². The van der Waals surface area contributed by atoms with Gasteiger partial charge in [0, 0.05) is 0 Å². The molecule has 0 amide bonds. The van der Waals surface area contributed by atoms with E-state index in [4.69, 9.17) is 18.0 Å². The van der Waals surface area contributed by atoms with Gasteiger partial charge in [0.2, 0.25) is 0 Å². The van der Waals surface area contributed by atoms with Crippen molar-refractivity contribution in [3.05, 3.63) is 39.3 Å². The van der Waals surface area contributed by atoms with Crippen molar-refractivity contribution < 1.29 is 13.2 Å². The van der Waals surface area contributed by atoms with E-state index in [2.05, 4.69) is 26.0 Å². The number of rotatable bonds is 2. The van der Waals surface area contributed by atoms with Crippen molar-refractivity contribution >= 4 is 33.1 Å². The number of aryl methyl sites for hydroxylation is 1. The highest BCUT2D eigenvalue weighted by atomic mass is 79.9.